The van der Waals surface area contributed by atoms with Crippen molar-refractivity contribution in [2.24, 2.45) is 0 Å². The Labute approximate surface area is 91.7 Å². The number of benzene rings is 1. The van der Waals surface area contributed by atoms with E-state index in [9.17, 15) is 4.79 Å². The highest BCUT2D eigenvalue weighted by Crippen LogP contribution is 2.29. The van der Waals surface area contributed by atoms with Gasteiger partial charge in [-0.2, -0.15) is 0 Å². The van der Waals surface area contributed by atoms with Gasteiger partial charge in [0, 0.05) is 16.6 Å². The maximum absolute atomic E-state index is 11.1. The Morgan fingerprint density at radius 3 is 2.87 bits per heavy atom. The van der Waals surface area contributed by atoms with E-state index in [2.05, 4.69) is 4.98 Å². The Balaban J connectivity index is 2.88. The van der Waals surface area contributed by atoms with Crippen LogP contribution < -0.4 is 0 Å². The lowest BCUT2D eigenvalue weighted by Gasteiger charge is -1.97. The van der Waals surface area contributed by atoms with Gasteiger partial charge in [0.2, 0.25) is 0 Å². The van der Waals surface area contributed by atoms with Gasteiger partial charge in [0.1, 0.15) is 0 Å². The minimum Gasteiger partial charge on any atom is -0.478 e. The molecule has 2 N–H and O–H groups in total. The maximum atomic E-state index is 11.1. The van der Waals surface area contributed by atoms with Gasteiger partial charge in [-0.1, -0.05) is 24.6 Å². The predicted molar refractivity (Wildman–Crippen MR) is 59.6 cm³/mol. The normalized spacial score (nSPS) is 10.8. The van der Waals surface area contributed by atoms with Gasteiger partial charge in [0.15, 0.2) is 0 Å². The molecule has 0 aliphatic carbocycles. The number of fused-ring (bicyclic) bond motifs is 1. The highest BCUT2D eigenvalue weighted by molar-refractivity contribution is 6.36. The van der Waals surface area contributed by atoms with Crippen LogP contribution in [0.3, 0.4) is 0 Å². The van der Waals surface area contributed by atoms with Crippen LogP contribution in [0.2, 0.25) is 5.02 Å². The van der Waals surface area contributed by atoms with E-state index in [1.165, 1.54) is 0 Å². The number of aromatic nitrogens is 1. The maximum Gasteiger partial charge on any atom is 0.338 e. The molecule has 1 aromatic carbocycles. The molecule has 0 fully saturated rings. The van der Waals surface area contributed by atoms with Gasteiger partial charge in [-0.05, 0) is 18.6 Å². The Hall–Kier alpha value is -1.48. The van der Waals surface area contributed by atoms with Crippen molar-refractivity contribution in [3.8, 4) is 0 Å². The predicted octanol–water partition coefficient (Wildman–Crippen LogP) is 3.08. The zero-order chi connectivity index (χ0) is 11.0. The van der Waals surface area contributed by atoms with Crippen LogP contribution in [0.25, 0.3) is 10.9 Å². The molecule has 0 saturated heterocycles. The number of rotatable bonds is 2. The quantitative estimate of drug-likeness (QED) is 0.822. The monoisotopic (exact) mass is 223 g/mol. The number of aryl methyl sites for hydroxylation is 1. The lowest BCUT2D eigenvalue weighted by atomic mass is 10.1. The average Bonchev–Trinajstić information content (AvgIpc) is 2.57. The lowest BCUT2D eigenvalue weighted by molar-refractivity contribution is 0.0698. The van der Waals surface area contributed by atoms with E-state index in [0.29, 0.717) is 22.5 Å². The molecule has 2 rings (SSSR count). The molecule has 15 heavy (non-hydrogen) atoms. The van der Waals surface area contributed by atoms with Crippen LogP contribution in [0.5, 0.6) is 0 Å². The molecule has 4 heteroatoms. The van der Waals surface area contributed by atoms with Gasteiger partial charge in [0.25, 0.3) is 0 Å². The summed E-state index contributed by atoms with van der Waals surface area (Å²) in [5.74, 6) is -0.939. The van der Waals surface area contributed by atoms with E-state index in [1.54, 1.807) is 12.1 Å². The van der Waals surface area contributed by atoms with E-state index < -0.39 is 5.97 Å². The molecule has 78 valence electrons. The summed E-state index contributed by atoms with van der Waals surface area (Å²) in [4.78, 5) is 14.2. The summed E-state index contributed by atoms with van der Waals surface area (Å²) in [6, 6.07) is 5.32. The molecule has 3 nitrogen and oxygen atoms in total. The zero-order valence-corrected chi connectivity index (χ0v) is 8.93. The van der Waals surface area contributed by atoms with Gasteiger partial charge < -0.3 is 10.1 Å². The fourth-order valence-corrected chi connectivity index (χ4v) is 2.03. The molecule has 0 bridgehead atoms. The third-order valence-corrected chi connectivity index (χ3v) is 2.73. The second kappa shape index (κ2) is 3.59. The van der Waals surface area contributed by atoms with Crippen LogP contribution in [0.1, 0.15) is 23.0 Å². The highest BCUT2D eigenvalue weighted by atomic mass is 35.5. The molecule has 0 saturated carbocycles. The number of hydrogen-bond acceptors (Lipinski definition) is 1. The number of aromatic amines is 1. The highest BCUT2D eigenvalue weighted by Gasteiger charge is 2.18. The molecular formula is C11H10ClNO2. The molecule has 0 aliphatic heterocycles. The molecular weight excluding hydrogens is 214 g/mol. The van der Waals surface area contributed by atoms with Gasteiger partial charge in [-0.15, -0.1) is 0 Å². The molecule has 0 spiro atoms. The topological polar surface area (TPSA) is 53.1 Å². The summed E-state index contributed by atoms with van der Waals surface area (Å²) in [5, 5.41) is 10.2. The van der Waals surface area contributed by atoms with Crippen molar-refractivity contribution < 1.29 is 9.90 Å². The summed E-state index contributed by atoms with van der Waals surface area (Å²) < 4.78 is 0. The second-order valence-electron chi connectivity index (χ2n) is 3.30. The average molecular weight is 224 g/mol. The first-order valence-electron chi connectivity index (χ1n) is 4.67. The summed E-state index contributed by atoms with van der Waals surface area (Å²) in [6.45, 7) is 1.91. The Bertz CT molecular complexity index is 531. The van der Waals surface area contributed by atoms with Gasteiger partial charge >= 0.3 is 5.97 Å². The van der Waals surface area contributed by atoms with Crippen LogP contribution >= 0.6 is 11.6 Å². The summed E-state index contributed by atoms with van der Waals surface area (Å²) in [7, 11) is 0. The number of H-pyrrole nitrogens is 1. The van der Waals surface area contributed by atoms with Crippen molar-refractivity contribution in [2.45, 2.75) is 13.3 Å². The van der Waals surface area contributed by atoms with E-state index in [0.717, 1.165) is 5.52 Å². The fraction of sp³-hybridized carbons (Fsp3) is 0.182. The lowest BCUT2D eigenvalue weighted by Crippen LogP contribution is -1.99. The van der Waals surface area contributed by atoms with Crippen LogP contribution in [0.15, 0.2) is 18.2 Å². The third-order valence-electron chi connectivity index (χ3n) is 2.42. The largest absolute Gasteiger partial charge is 0.478 e. The summed E-state index contributed by atoms with van der Waals surface area (Å²) in [6.07, 6.45) is 0.645. The Kier molecular flexibility index (Phi) is 2.40. The molecule has 0 aliphatic rings. The van der Waals surface area contributed by atoms with E-state index in [-0.39, 0.29) is 5.56 Å². The van der Waals surface area contributed by atoms with E-state index in [1.807, 2.05) is 13.0 Å². The van der Waals surface area contributed by atoms with Crippen molar-refractivity contribution in [1.82, 2.24) is 4.98 Å². The van der Waals surface area contributed by atoms with Crippen molar-refractivity contribution in [1.29, 1.82) is 0 Å². The standard InChI is InChI=1S/C11H10ClNO2/c1-2-7-10(11(14)15)9-6(12)4-3-5-8(9)13-7/h3-5,13H,2H2,1H3,(H,14,15). The molecule has 2 aromatic rings. The number of halogens is 1. The molecule has 0 atom stereocenters. The van der Waals surface area contributed by atoms with Crippen molar-refractivity contribution in [3.05, 3.63) is 34.5 Å². The second-order valence-corrected chi connectivity index (χ2v) is 3.71. The number of carbonyl (C=O) groups is 1. The Morgan fingerprint density at radius 1 is 1.53 bits per heavy atom. The number of carboxylic acid groups (broad SMARTS) is 1. The molecule has 1 aromatic heterocycles. The van der Waals surface area contributed by atoms with Crippen LogP contribution in [-0.4, -0.2) is 16.1 Å². The molecule has 0 radical (unpaired) electrons. The molecule has 1 heterocycles. The number of carboxylic acids is 1. The van der Waals surface area contributed by atoms with Crippen molar-refractivity contribution >= 4 is 28.5 Å². The first-order chi connectivity index (χ1) is 7.15. The third kappa shape index (κ3) is 1.49. The first-order valence-corrected chi connectivity index (χ1v) is 5.05. The van der Waals surface area contributed by atoms with Crippen LogP contribution in [-0.2, 0) is 6.42 Å². The van der Waals surface area contributed by atoms with Gasteiger partial charge in [-0.25, -0.2) is 4.79 Å². The number of nitrogens with one attached hydrogen (secondary N) is 1. The van der Waals surface area contributed by atoms with Crippen LogP contribution in [0, 0.1) is 0 Å². The minimum absolute atomic E-state index is 0.290. The number of aromatic carboxylic acids is 1. The van der Waals surface area contributed by atoms with Gasteiger partial charge in [0.05, 0.1) is 10.6 Å². The van der Waals surface area contributed by atoms with E-state index >= 15 is 0 Å². The van der Waals surface area contributed by atoms with Crippen molar-refractivity contribution in [2.75, 3.05) is 0 Å². The Morgan fingerprint density at radius 2 is 2.27 bits per heavy atom. The minimum atomic E-state index is -0.939. The first kappa shape index (κ1) is 10.1. The smallest absolute Gasteiger partial charge is 0.338 e. The van der Waals surface area contributed by atoms with Crippen molar-refractivity contribution in [3.63, 3.8) is 0 Å². The van der Waals surface area contributed by atoms with Crippen LogP contribution in [0.4, 0.5) is 0 Å². The summed E-state index contributed by atoms with van der Waals surface area (Å²) >= 11 is 5.99. The van der Waals surface area contributed by atoms with Gasteiger partial charge in [-0.3, -0.25) is 0 Å². The zero-order valence-electron chi connectivity index (χ0n) is 8.17. The van der Waals surface area contributed by atoms with E-state index in [4.69, 9.17) is 16.7 Å². The summed E-state index contributed by atoms with van der Waals surface area (Å²) in [5.41, 5.74) is 1.78. The number of hydrogen-bond donors (Lipinski definition) is 2. The molecule has 0 unspecified atom stereocenters. The SMILES string of the molecule is CCc1[nH]c2cccc(Cl)c2c1C(=O)O. The fourth-order valence-electron chi connectivity index (χ4n) is 1.76. The molecule has 0 amide bonds.